The molecule has 1 saturated heterocycles. The van der Waals surface area contributed by atoms with E-state index in [1.54, 1.807) is 7.11 Å². The SMILES string of the molecule is COc1ccc(N2CCCN(C(=O)c3ccccc3OCCOc3ccccc3)CC2)cc1. The average molecular weight is 447 g/mol. The van der Waals surface area contributed by atoms with Crippen LogP contribution in [0.25, 0.3) is 0 Å². The first-order valence-electron chi connectivity index (χ1n) is 11.3. The van der Waals surface area contributed by atoms with Crippen molar-refractivity contribution in [2.75, 3.05) is 51.4 Å². The van der Waals surface area contributed by atoms with Gasteiger partial charge in [0.05, 0.1) is 12.7 Å². The summed E-state index contributed by atoms with van der Waals surface area (Å²) in [6.07, 6.45) is 0.908. The second-order valence-corrected chi connectivity index (χ2v) is 7.84. The lowest BCUT2D eigenvalue weighted by Crippen LogP contribution is -2.35. The number of methoxy groups -OCH3 is 1. The predicted molar refractivity (Wildman–Crippen MR) is 130 cm³/mol. The topological polar surface area (TPSA) is 51.2 Å². The average Bonchev–Trinajstić information content (AvgIpc) is 3.14. The first-order chi connectivity index (χ1) is 16.2. The van der Waals surface area contributed by atoms with Crippen molar-refractivity contribution in [3.63, 3.8) is 0 Å². The molecule has 0 unspecified atom stereocenters. The second kappa shape index (κ2) is 11.3. The molecule has 1 fully saturated rings. The molecular formula is C27H30N2O4. The van der Waals surface area contributed by atoms with Crippen molar-refractivity contribution in [1.29, 1.82) is 0 Å². The smallest absolute Gasteiger partial charge is 0.257 e. The second-order valence-electron chi connectivity index (χ2n) is 7.84. The van der Waals surface area contributed by atoms with Crippen LogP contribution in [0.1, 0.15) is 16.8 Å². The first-order valence-corrected chi connectivity index (χ1v) is 11.3. The van der Waals surface area contributed by atoms with Gasteiger partial charge in [-0.3, -0.25) is 4.79 Å². The van der Waals surface area contributed by atoms with Crippen LogP contribution in [-0.2, 0) is 0 Å². The summed E-state index contributed by atoms with van der Waals surface area (Å²) in [4.78, 5) is 17.6. The minimum atomic E-state index is 0.00570. The van der Waals surface area contributed by atoms with Crippen LogP contribution < -0.4 is 19.1 Å². The number of amides is 1. The maximum atomic E-state index is 13.3. The summed E-state index contributed by atoms with van der Waals surface area (Å²) < 4.78 is 16.9. The summed E-state index contributed by atoms with van der Waals surface area (Å²) in [5.74, 6) is 2.24. The lowest BCUT2D eigenvalue weighted by Gasteiger charge is -2.24. The van der Waals surface area contributed by atoms with Gasteiger partial charge in [0.1, 0.15) is 30.5 Å². The lowest BCUT2D eigenvalue weighted by molar-refractivity contribution is 0.0761. The number of hydrogen-bond acceptors (Lipinski definition) is 5. The molecule has 0 aliphatic carbocycles. The van der Waals surface area contributed by atoms with Crippen LogP contribution >= 0.6 is 0 Å². The summed E-state index contributed by atoms with van der Waals surface area (Å²) in [6, 6.07) is 25.1. The first kappa shape index (κ1) is 22.5. The van der Waals surface area contributed by atoms with E-state index in [9.17, 15) is 4.79 Å². The van der Waals surface area contributed by atoms with E-state index >= 15 is 0 Å². The molecule has 0 N–H and O–H groups in total. The van der Waals surface area contributed by atoms with Gasteiger partial charge in [0, 0.05) is 31.9 Å². The van der Waals surface area contributed by atoms with Gasteiger partial charge in [-0.15, -0.1) is 0 Å². The quantitative estimate of drug-likeness (QED) is 0.477. The molecule has 4 rings (SSSR count). The molecule has 6 nitrogen and oxygen atoms in total. The van der Waals surface area contributed by atoms with Crippen LogP contribution in [0.2, 0.25) is 0 Å². The van der Waals surface area contributed by atoms with Gasteiger partial charge in [0.25, 0.3) is 5.91 Å². The molecule has 0 bridgehead atoms. The molecule has 1 heterocycles. The van der Waals surface area contributed by atoms with Gasteiger partial charge in [-0.2, -0.15) is 0 Å². The Kier molecular flexibility index (Phi) is 7.69. The molecule has 0 spiro atoms. The van der Waals surface area contributed by atoms with Crippen molar-refractivity contribution in [3.05, 3.63) is 84.4 Å². The molecule has 3 aromatic carbocycles. The molecule has 3 aromatic rings. The van der Waals surface area contributed by atoms with Crippen LogP contribution in [0.3, 0.4) is 0 Å². The van der Waals surface area contributed by atoms with Crippen molar-refractivity contribution in [3.8, 4) is 17.2 Å². The van der Waals surface area contributed by atoms with Crippen molar-refractivity contribution in [2.45, 2.75) is 6.42 Å². The van der Waals surface area contributed by atoms with Crippen LogP contribution in [0.4, 0.5) is 5.69 Å². The Balaban J connectivity index is 1.34. The predicted octanol–water partition coefficient (Wildman–Crippen LogP) is 4.51. The molecule has 0 aromatic heterocycles. The van der Waals surface area contributed by atoms with Crippen LogP contribution in [0, 0.1) is 0 Å². The number of hydrogen-bond donors (Lipinski definition) is 0. The standard InChI is InChI=1S/C27H30N2O4/c1-31-23-14-12-22(13-15-23)28-16-7-17-29(19-18-28)27(30)25-10-5-6-11-26(25)33-21-20-32-24-8-3-2-4-9-24/h2-6,8-15H,7,16-21H2,1H3. The van der Waals surface area contributed by atoms with Gasteiger partial charge in [-0.05, 0) is 55.0 Å². The fraction of sp³-hybridized carbons (Fsp3) is 0.296. The highest BCUT2D eigenvalue weighted by atomic mass is 16.5. The third kappa shape index (κ3) is 5.98. The van der Waals surface area contributed by atoms with Gasteiger partial charge in [0.2, 0.25) is 0 Å². The van der Waals surface area contributed by atoms with E-state index in [4.69, 9.17) is 14.2 Å². The van der Waals surface area contributed by atoms with E-state index < -0.39 is 0 Å². The molecule has 0 atom stereocenters. The highest BCUT2D eigenvalue weighted by molar-refractivity contribution is 5.97. The zero-order valence-electron chi connectivity index (χ0n) is 19.0. The highest BCUT2D eigenvalue weighted by Crippen LogP contribution is 2.23. The van der Waals surface area contributed by atoms with Gasteiger partial charge in [-0.1, -0.05) is 30.3 Å². The van der Waals surface area contributed by atoms with E-state index in [-0.39, 0.29) is 5.91 Å². The van der Waals surface area contributed by atoms with E-state index in [0.717, 1.165) is 43.2 Å². The number of benzene rings is 3. The van der Waals surface area contributed by atoms with Crippen LogP contribution in [0.15, 0.2) is 78.9 Å². The third-order valence-electron chi connectivity index (χ3n) is 5.69. The lowest BCUT2D eigenvalue weighted by atomic mass is 10.1. The Morgan fingerprint density at radius 1 is 0.758 bits per heavy atom. The van der Waals surface area contributed by atoms with E-state index in [1.807, 2.05) is 71.6 Å². The molecule has 172 valence electrons. The van der Waals surface area contributed by atoms with Crippen molar-refractivity contribution >= 4 is 11.6 Å². The van der Waals surface area contributed by atoms with Crippen molar-refractivity contribution in [1.82, 2.24) is 4.90 Å². The highest BCUT2D eigenvalue weighted by Gasteiger charge is 2.23. The van der Waals surface area contributed by atoms with Gasteiger partial charge < -0.3 is 24.0 Å². The number of rotatable bonds is 8. The zero-order valence-corrected chi connectivity index (χ0v) is 19.0. The van der Waals surface area contributed by atoms with Crippen LogP contribution in [0.5, 0.6) is 17.2 Å². The monoisotopic (exact) mass is 446 g/mol. The third-order valence-corrected chi connectivity index (χ3v) is 5.69. The van der Waals surface area contributed by atoms with Gasteiger partial charge in [-0.25, -0.2) is 0 Å². The summed E-state index contributed by atoms with van der Waals surface area (Å²) in [7, 11) is 1.67. The fourth-order valence-electron chi connectivity index (χ4n) is 3.94. The fourth-order valence-corrected chi connectivity index (χ4v) is 3.94. The Bertz CT molecular complexity index is 1020. The number of para-hydroxylation sites is 2. The van der Waals surface area contributed by atoms with E-state index in [1.165, 1.54) is 0 Å². The molecule has 0 saturated carbocycles. The molecule has 6 heteroatoms. The number of nitrogens with zero attached hydrogens (tertiary/aromatic N) is 2. The molecular weight excluding hydrogens is 416 g/mol. The molecule has 33 heavy (non-hydrogen) atoms. The van der Waals surface area contributed by atoms with E-state index in [2.05, 4.69) is 17.0 Å². The summed E-state index contributed by atoms with van der Waals surface area (Å²) >= 11 is 0. The number of anilines is 1. The Hall–Kier alpha value is -3.67. The molecule has 1 aliphatic heterocycles. The summed E-state index contributed by atoms with van der Waals surface area (Å²) in [5.41, 5.74) is 1.74. The maximum Gasteiger partial charge on any atom is 0.257 e. The Labute approximate surface area is 195 Å². The number of carbonyl (C=O) groups excluding carboxylic acids is 1. The van der Waals surface area contributed by atoms with E-state index in [0.29, 0.717) is 31.1 Å². The summed E-state index contributed by atoms with van der Waals surface area (Å²) in [5, 5.41) is 0. The Morgan fingerprint density at radius 3 is 2.27 bits per heavy atom. The molecule has 1 aliphatic rings. The van der Waals surface area contributed by atoms with Crippen LogP contribution in [-0.4, -0.2) is 57.3 Å². The summed E-state index contributed by atoms with van der Waals surface area (Å²) in [6.45, 7) is 3.85. The zero-order chi connectivity index (χ0) is 22.9. The van der Waals surface area contributed by atoms with Gasteiger partial charge >= 0.3 is 0 Å². The minimum absolute atomic E-state index is 0.00570. The number of ether oxygens (including phenoxy) is 3. The Morgan fingerprint density at radius 2 is 1.48 bits per heavy atom. The van der Waals surface area contributed by atoms with Crippen molar-refractivity contribution in [2.24, 2.45) is 0 Å². The maximum absolute atomic E-state index is 13.3. The molecule has 1 amide bonds. The number of carbonyl (C=O) groups is 1. The minimum Gasteiger partial charge on any atom is -0.497 e. The van der Waals surface area contributed by atoms with Crippen molar-refractivity contribution < 1.29 is 19.0 Å². The molecule has 0 radical (unpaired) electrons. The normalized spacial score (nSPS) is 13.8. The largest absolute Gasteiger partial charge is 0.497 e. The van der Waals surface area contributed by atoms with Gasteiger partial charge in [0.15, 0.2) is 0 Å².